The highest BCUT2D eigenvalue weighted by atomic mass is 15.0. The minimum atomic E-state index is 0.569. The van der Waals surface area contributed by atoms with E-state index in [1.165, 1.54) is 0 Å². The van der Waals surface area contributed by atoms with Crippen LogP contribution in [0.25, 0.3) is 106 Å². The molecule has 0 saturated heterocycles. The Labute approximate surface area is 364 Å². The number of para-hydroxylation sites is 1. The van der Waals surface area contributed by atoms with E-state index in [-0.39, 0.29) is 0 Å². The lowest BCUT2D eigenvalue weighted by Crippen LogP contribution is -2.03. The third kappa shape index (κ3) is 7.00. The Morgan fingerprint density at radius 2 is 0.794 bits per heavy atom. The van der Waals surface area contributed by atoms with Crippen LogP contribution in [0.3, 0.4) is 0 Å². The van der Waals surface area contributed by atoms with Gasteiger partial charge in [-0.1, -0.05) is 164 Å². The van der Waals surface area contributed by atoms with Gasteiger partial charge < -0.3 is 4.57 Å². The second-order valence-electron chi connectivity index (χ2n) is 15.4. The zero-order valence-electron chi connectivity index (χ0n) is 34.0. The van der Waals surface area contributed by atoms with E-state index in [1.54, 1.807) is 0 Å². The van der Waals surface area contributed by atoms with E-state index in [0.717, 1.165) is 94.8 Å². The lowest BCUT2D eigenvalue weighted by atomic mass is 9.98. The second kappa shape index (κ2) is 16.0. The summed E-state index contributed by atoms with van der Waals surface area (Å²) in [6, 6.07) is 76.6. The number of hydrogen-bond acceptors (Lipinski definition) is 5. The molecule has 0 unspecified atom stereocenters. The molecule has 0 fully saturated rings. The molecule has 0 amide bonds. The highest BCUT2D eigenvalue weighted by molar-refractivity contribution is 6.11. The Morgan fingerprint density at radius 1 is 0.333 bits per heavy atom. The maximum Gasteiger partial charge on any atom is 0.162 e. The van der Waals surface area contributed by atoms with E-state index >= 15 is 0 Å². The monoisotopic (exact) mass is 804 g/mol. The third-order valence-corrected chi connectivity index (χ3v) is 11.5. The molecule has 6 heteroatoms. The number of benzene rings is 8. The van der Waals surface area contributed by atoms with E-state index < -0.39 is 0 Å². The first-order chi connectivity index (χ1) is 31.2. The lowest BCUT2D eigenvalue weighted by molar-refractivity contribution is 1.13. The van der Waals surface area contributed by atoms with Crippen molar-refractivity contribution in [1.29, 1.82) is 5.26 Å². The van der Waals surface area contributed by atoms with Crippen molar-refractivity contribution >= 4 is 21.8 Å². The van der Waals surface area contributed by atoms with Gasteiger partial charge in [0.25, 0.3) is 0 Å². The van der Waals surface area contributed by atoms with Crippen LogP contribution in [-0.4, -0.2) is 24.5 Å². The van der Waals surface area contributed by atoms with Gasteiger partial charge in [0.2, 0.25) is 0 Å². The maximum absolute atomic E-state index is 10.0. The smallest absolute Gasteiger partial charge is 0.162 e. The van der Waals surface area contributed by atoms with E-state index in [2.05, 4.69) is 132 Å². The molecule has 0 radical (unpaired) electrons. The number of rotatable bonds is 8. The van der Waals surface area contributed by atoms with Crippen LogP contribution in [-0.2, 0) is 0 Å². The van der Waals surface area contributed by atoms with Gasteiger partial charge in [0, 0.05) is 44.2 Å². The summed E-state index contributed by atoms with van der Waals surface area (Å²) in [5, 5.41) is 12.2. The summed E-state index contributed by atoms with van der Waals surface area (Å²) in [4.78, 5) is 21.2. The van der Waals surface area contributed by atoms with Gasteiger partial charge in [-0.05, 0) is 65.7 Å². The molecule has 63 heavy (non-hydrogen) atoms. The van der Waals surface area contributed by atoms with Crippen molar-refractivity contribution < 1.29 is 0 Å². The van der Waals surface area contributed by atoms with Crippen LogP contribution in [0, 0.1) is 11.3 Å². The molecule has 0 aliphatic rings. The first kappa shape index (κ1) is 37.2. The van der Waals surface area contributed by atoms with Crippen molar-refractivity contribution in [2.75, 3.05) is 0 Å². The molecule has 3 heterocycles. The number of aromatic nitrogens is 5. The van der Waals surface area contributed by atoms with Gasteiger partial charge in [-0.15, -0.1) is 0 Å². The van der Waals surface area contributed by atoms with Crippen LogP contribution in [0.4, 0.5) is 0 Å². The fourth-order valence-corrected chi connectivity index (χ4v) is 8.45. The topological polar surface area (TPSA) is 80.3 Å². The molecule has 6 nitrogen and oxygen atoms in total. The van der Waals surface area contributed by atoms with Gasteiger partial charge in [-0.3, -0.25) is 0 Å². The predicted molar refractivity (Wildman–Crippen MR) is 255 cm³/mol. The first-order valence-electron chi connectivity index (χ1n) is 20.9. The molecule has 3 aromatic heterocycles. The highest BCUT2D eigenvalue weighted by Crippen LogP contribution is 2.40. The van der Waals surface area contributed by atoms with Crippen LogP contribution < -0.4 is 0 Å². The van der Waals surface area contributed by atoms with Crippen LogP contribution in [0.1, 0.15) is 5.56 Å². The van der Waals surface area contributed by atoms with Crippen molar-refractivity contribution in [1.82, 2.24) is 24.5 Å². The highest BCUT2D eigenvalue weighted by Gasteiger charge is 2.22. The number of hydrogen-bond donors (Lipinski definition) is 0. The fourth-order valence-electron chi connectivity index (χ4n) is 8.45. The van der Waals surface area contributed by atoms with Gasteiger partial charge in [0.1, 0.15) is 0 Å². The number of fused-ring (bicyclic) bond motifs is 3. The normalized spacial score (nSPS) is 11.2. The number of nitriles is 1. The van der Waals surface area contributed by atoms with E-state index in [0.29, 0.717) is 17.2 Å². The maximum atomic E-state index is 10.0. The van der Waals surface area contributed by atoms with E-state index in [9.17, 15) is 5.26 Å². The zero-order valence-corrected chi connectivity index (χ0v) is 34.0. The Bertz CT molecular complexity index is 3390. The van der Waals surface area contributed by atoms with Gasteiger partial charge in [-0.2, -0.15) is 5.26 Å². The van der Waals surface area contributed by atoms with Crippen molar-refractivity contribution in [2.45, 2.75) is 0 Å². The molecule has 0 aliphatic heterocycles. The van der Waals surface area contributed by atoms with Crippen LogP contribution >= 0.6 is 0 Å². The molecule has 0 atom stereocenters. The summed E-state index contributed by atoms with van der Waals surface area (Å²) in [7, 11) is 0. The summed E-state index contributed by atoms with van der Waals surface area (Å²) >= 11 is 0. The van der Waals surface area contributed by atoms with Gasteiger partial charge in [0.15, 0.2) is 11.6 Å². The van der Waals surface area contributed by atoms with E-state index in [4.69, 9.17) is 19.9 Å². The number of nitrogens with zero attached hydrogens (tertiary/aromatic N) is 6. The molecule has 0 bridgehead atoms. The quantitative estimate of drug-likeness (QED) is 0.153. The molecule has 11 aromatic rings. The molecule has 294 valence electrons. The molecule has 11 rings (SSSR count). The van der Waals surface area contributed by atoms with Crippen LogP contribution in [0.5, 0.6) is 0 Å². The minimum Gasteiger partial charge on any atom is -0.309 e. The Kier molecular flexibility index (Phi) is 9.45. The molecular weight excluding hydrogens is 769 g/mol. The first-order valence-corrected chi connectivity index (χ1v) is 20.9. The largest absolute Gasteiger partial charge is 0.309 e. The average molecular weight is 805 g/mol. The van der Waals surface area contributed by atoms with E-state index in [1.807, 2.05) is 97.1 Å². The van der Waals surface area contributed by atoms with Crippen LogP contribution in [0.2, 0.25) is 0 Å². The fraction of sp³-hybridized carbons (Fsp3) is 0. The molecule has 8 aromatic carbocycles. The third-order valence-electron chi connectivity index (χ3n) is 11.5. The Balaban J connectivity index is 1.20. The van der Waals surface area contributed by atoms with Gasteiger partial charge >= 0.3 is 0 Å². The summed E-state index contributed by atoms with van der Waals surface area (Å²) < 4.78 is 2.31. The van der Waals surface area contributed by atoms with Gasteiger partial charge in [-0.25, -0.2) is 19.9 Å². The Hall–Kier alpha value is -8.79. The molecule has 0 N–H and O–H groups in total. The van der Waals surface area contributed by atoms with Crippen molar-refractivity contribution in [2.24, 2.45) is 0 Å². The summed E-state index contributed by atoms with van der Waals surface area (Å²) in [5.41, 5.74) is 14.4. The molecule has 0 spiro atoms. The summed E-state index contributed by atoms with van der Waals surface area (Å²) in [6.07, 6.45) is 0. The van der Waals surface area contributed by atoms with Crippen molar-refractivity contribution in [3.8, 4) is 90.7 Å². The standard InChI is InChI=1S/C57H36N6/c58-37-44-25-13-14-26-45(44)42-29-31-54-47(33-42)46-27-15-16-28-53(46)63(54)55-32-30-43(56-59-49(38-17-5-1-6-18-38)35-50(60-56)39-19-7-2-8-20-39)34-48(55)57-61-51(40-21-9-3-10-22-40)36-52(62-57)41-23-11-4-12-24-41/h1-36H. The second-order valence-corrected chi connectivity index (χ2v) is 15.4. The zero-order chi connectivity index (χ0) is 42.1. The van der Waals surface area contributed by atoms with Gasteiger partial charge in [0.05, 0.1) is 51.1 Å². The molecule has 0 saturated carbocycles. The lowest BCUT2D eigenvalue weighted by Gasteiger charge is -2.17. The summed E-state index contributed by atoms with van der Waals surface area (Å²) in [6.45, 7) is 0. The average Bonchev–Trinajstić information content (AvgIpc) is 3.70. The van der Waals surface area contributed by atoms with Crippen molar-refractivity contribution in [3.05, 3.63) is 224 Å². The Morgan fingerprint density at radius 3 is 1.35 bits per heavy atom. The molecule has 0 aliphatic carbocycles. The van der Waals surface area contributed by atoms with Crippen molar-refractivity contribution in [3.63, 3.8) is 0 Å². The minimum absolute atomic E-state index is 0.569. The van der Waals surface area contributed by atoms with Crippen LogP contribution in [0.15, 0.2) is 218 Å². The SMILES string of the molecule is N#Cc1ccccc1-c1ccc2c(c1)c1ccccc1n2-c1ccc(-c2nc(-c3ccccc3)cc(-c3ccccc3)n2)cc1-c1nc(-c2ccccc2)cc(-c2ccccc2)n1. The summed E-state index contributed by atoms with van der Waals surface area (Å²) in [5.74, 6) is 1.16. The molecular formula is C57H36N6. The predicted octanol–water partition coefficient (Wildman–Crippen LogP) is 13.9.